The number of phenols is 1. The molecule has 0 radical (unpaired) electrons. The molecule has 5 N–H and O–H groups in total. The van der Waals surface area contributed by atoms with E-state index in [2.05, 4.69) is 0 Å². The Labute approximate surface area is 393 Å². The number of benzene rings is 4. The second-order valence-corrected chi connectivity index (χ2v) is 17.4. The van der Waals surface area contributed by atoms with E-state index in [9.17, 15) is 39.9 Å². The zero-order valence-corrected chi connectivity index (χ0v) is 38.5. The van der Waals surface area contributed by atoms with E-state index in [0.717, 1.165) is 41.0 Å². The summed E-state index contributed by atoms with van der Waals surface area (Å²) in [5, 5.41) is 50.5. The van der Waals surface area contributed by atoms with Crippen LogP contribution >= 0.6 is 23.2 Å². The van der Waals surface area contributed by atoms with Crippen molar-refractivity contribution in [2.75, 3.05) is 26.4 Å². The molecule has 4 aromatic rings. The van der Waals surface area contributed by atoms with Crippen LogP contribution in [0.1, 0.15) is 79.7 Å². The largest absolute Gasteiger partial charge is 0.508 e. The minimum absolute atomic E-state index is 0.0501. The fourth-order valence-electron chi connectivity index (χ4n) is 8.15. The number of esters is 3. The highest BCUT2D eigenvalue weighted by molar-refractivity contribution is 6.31. The highest BCUT2D eigenvalue weighted by Gasteiger charge is 2.49. The Balaban J connectivity index is 0.000000220. The van der Waals surface area contributed by atoms with Gasteiger partial charge >= 0.3 is 17.9 Å². The Bertz CT molecular complexity index is 2250. The van der Waals surface area contributed by atoms with Crippen LogP contribution in [0, 0.1) is 5.92 Å². The molecular formula is C49H56Cl2O15. The Morgan fingerprint density at radius 3 is 1.76 bits per heavy atom. The average Bonchev–Trinajstić information content (AvgIpc) is 3.80. The lowest BCUT2D eigenvalue weighted by Crippen LogP contribution is -2.55. The fraction of sp³-hybridized carbons (Fsp3) is 0.449. The standard InChI is InChI=1S/C26H29ClO8.C23H27ClO7/c1-14-23(13-32-15(2)28)35-25(26(34-17(4)30)24(14)33-16(3)29)19-7-10-22(27)20(12-19)11-18-5-8-21(31)9-6-18;24-18-6-3-14(23-22(28)21(27)20(26)19(11-25)31-23)10-15(18)9-13-1-4-16(5-2-13)30-17-7-8-29-12-17/h5-10,12,14,23-26,31H,11,13H2,1-4H3;1-6,10,17,19-23,25-28H,7-9,11-12H2/t14-,23-,24+,25+,26-;17-,19+,20+,21-,22+,23-/m10/s1. The topological polar surface area (TPSA) is 217 Å². The van der Waals surface area contributed by atoms with Gasteiger partial charge in [-0.05, 0) is 82.6 Å². The SMILES string of the molecule is CC(=O)OC[C@H]1O[C@@H](c2ccc(Cl)c(Cc3ccc(O)cc3)c2)[C@H](OC(C)=O)[C@@H](OC(C)=O)[C@@H]1C.OC[C@H]1O[C@@H](c2ccc(Cl)c(Cc3ccc(O[C@H]4CCOC4)cc3)c2)[C@H](O)[C@@H](O)[C@@H]1O. The van der Waals surface area contributed by atoms with Crippen LogP contribution in [-0.4, -0.2) is 119 Å². The number of halogens is 2. The molecule has 0 spiro atoms. The van der Waals surface area contributed by atoms with Crippen LogP contribution in [0.25, 0.3) is 0 Å². The summed E-state index contributed by atoms with van der Waals surface area (Å²) in [6, 6.07) is 25.1. The summed E-state index contributed by atoms with van der Waals surface area (Å²) < 4.78 is 39.6. The summed E-state index contributed by atoms with van der Waals surface area (Å²) in [5.41, 5.74) is 4.85. The molecule has 0 aliphatic carbocycles. The van der Waals surface area contributed by atoms with E-state index in [-0.39, 0.29) is 18.5 Å². The Morgan fingerprint density at radius 2 is 1.23 bits per heavy atom. The summed E-state index contributed by atoms with van der Waals surface area (Å²) in [6.45, 7) is 6.46. The molecule has 356 valence electrons. The smallest absolute Gasteiger partial charge is 0.303 e. The first kappa shape index (κ1) is 50.6. The molecule has 17 heteroatoms. The molecular weight excluding hydrogens is 899 g/mol. The van der Waals surface area contributed by atoms with Gasteiger partial charge in [-0.2, -0.15) is 0 Å². The minimum Gasteiger partial charge on any atom is -0.508 e. The van der Waals surface area contributed by atoms with Crippen molar-refractivity contribution in [3.8, 4) is 11.5 Å². The van der Waals surface area contributed by atoms with Crippen LogP contribution in [0.2, 0.25) is 10.0 Å². The lowest BCUT2D eigenvalue weighted by Gasteiger charge is -2.44. The van der Waals surface area contributed by atoms with Crippen LogP contribution < -0.4 is 4.74 Å². The van der Waals surface area contributed by atoms with Gasteiger partial charge in [-0.1, -0.05) is 78.7 Å². The van der Waals surface area contributed by atoms with E-state index < -0.39 is 85.4 Å². The van der Waals surface area contributed by atoms with Gasteiger partial charge in [0.25, 0.3) is 0 Å². The number of aliphatic hydroxyl groups is 4. The highest BCUT2D eigenvalue weighted by atomic mass is 35.5. The van der Waals surface area contributed by atoms with E-state index in [0.29, 0.717) is 40.6 Å². The number of aliphatic hydroxyl groups excluding tert-OH is 4. The van der Waals surface area contributed by atoms with E-state index in [1.165, 1.54) is 20.8 Å². The summed E-state index contributed by atoms with van der Waals surface area (Å²) >= 11 is 12.9. The van der Waals surface area contributed by atoms with Gasteiger partial charge < -0.3 is 58.7 Å². The minimum atomic E-state index is -1.42. The number of phenolic OH excluding ortho intramolecular Hbond substituents is 1. The second kappa shape index (κ2) is 23.3. The molecule has 11 atom stereocenters. The van der Waals surface area contributed by atoms with E-state index in [4.69, 9.17) is 56.4 Å². The highest BCUT2D eigenvalue weighted by Crippen LogP contribution is 2.40. The maximum absolute atomic E-state index is 12.0. The first-order chi connectivity index (χ1) is 31.5. The van der Waals surface area contributed by atoms with Crippen LogP contribution in [-0.2, 0) is 55.6 Å². The van der Waals surface area contributed by atoms with Crippen molar-refractivity contribution in [1.29, 1.82) is 0 Å². The third-order valence-corrected chi connectivity index (χ3v) is 12.4. The molecule has 66 heavy (non-hydrogen) atoms. The fourth-order valence-corrected chi connectivity index (χ4v) is 8.52. The lowest BCUT2D eigenvalue weighted by atomic mass is 9.85. The van der Waals surface area contributed by atoms with E-state index >= 15 is 0 Å². The summed E-state index contributed by atoms with van der Waals surface area (Å²) in [4.78, 5) is 35.3. The normalized spacial score (nSPS) is 27.2. The molecule has 3 saturated heterocycles. The maximum Gasteiger partial charge on any atom is 0.303 e. The second-order valence-electron chi connectivity index (χ2n) is 16.6. The zero-order chi connectivity index (χ0) is 47.7. The predicted octanol–water partition coefficient (Wildman–Crippen LogP) is 5.75. The number of ether oxygens (including phenoxy) is 7. The monoisotopic (exact) mass is 954 g/mol. The van der Waals surface area contributed by atoms with Crippen molar-refractivity contribution in [1.82, 2.24) is 0 Å². The van der Waals surface area contributed by atoms with Gasteiger partial charge in [0.05, 0.1) is 25.9 Å². The van der Waals surface area contributed by atoms with Crippen LogP contribution in [0.15, 0.2) is 84.9 Å². The molecule has 15 nitrogen and oxygen atoms in total. The maximum atomic E-state index is 12.0. The van der Waals surface area contributed by atoms with Crippen LogP contribution in [0.3, 0.4) is 0 Å². The molecule has 4 aromatic carbocycles. The molecule has 0 unspecified atom stereocenters. The van der Waals surface area contributed by atoms with Crippen molar-refractivity contribution < 1.29 is 73.1 Å². The Kier molecular flexibility index (Phi) is 17.8. The molecule has 0 bridgehead atoms. The number of hydrogen-bond acceptors (Lipinski definition) is 15. The van der Waals surface area contributed by atoms with Crippen molar-refractivity contribution in [3.05, 3.63) is 128 Å². The van der Waals surface area contributed by atoms with E-state index in [1.807, 2.05) is 36.4 Å². The van der Waals surface area contributed by atoms with Crippen molar-refractivity contribution in [2.24, 2.45) is 5.92 Å². The molecule has 0 saturated carbocycles. The predicted molar refractivity (Wildman–Crippen MR) is 240 cm³/mol. The molecule has 7 rings (SSSR count). The quantitative estimate of drug-likeness (QED) is 0.0797. The Hall–Kier alpha value is -4.81. The van der Waals surface area contributed by atoms with Gasteiger partial charge in [-0.25, -0.2) is 0 Å². The number of rotatable bonds is 13. The van der Waals surface area contributed by atoms with E-state index in [1.54, 1.807) is 55.5 Å². The number of carbonyl (C=O) groups is 3. The van der Waals surface area contributed by atoms with Gasteiger partial charge in [0.1, 0.15) is 66.9 Å². The average molecular weight is 956 g/mol. The van der Waals surface area contributed by atoms with Gasteiger partial charge in [-0.15, -0.1) is 0 Å². The molecule has 3 aliphatic rings. The van der Waals surface area contributed by atoms with Crippen molar-refractivity contribution in [2.45, 2.75) is 108 Å². The third kappa shape index (κ3) is 13.2. The van der Waals surface area contributed by atoms with Crippen molar-refractivity contribution >= 4 is 41.1 Å². The van der Waals surface area contributed by atoms with Crippen LogP contribution in [0.5, 0.6) is 11.5 Å². The van der Waals surface area contributed by atoms with Crippen molar-refractivity contribution in [3.63, 3.8) is 0 Å². The molecule has 3 heterocycles. The number of carbonyl (C=O) groups excluding carboxylic acids is 3. The molecule has 3 fully saturated rings. The first-order valence-electron chi connectivity index (χ1n) is 21.6. The zero-order valence-electron chi connectivity index (χ0n) is 37.0. The van der Waals surface area contributed by atoms with Gasteiger partial charge in [-0.3, -0.25) is 14.4 Å². The van der Waals surface area contributed by atoms with Gasteiger partial charge in [0.15, 0.2) is 6.10 Å². The first-order valence-corrected chi connectivity index (χ1v) is 22.4. The Morgan fingerprint density at radius 1 is 0.682 bits per heavy atom. The van der Waals surface area contributed by atoms with Gasteiger partial charge in [0.2, 0.25) is 0 Å². The van der Waals surface area contributed by atoms with Gasteiger partial charge in [0, 0.05) is 43.2 Å². The number of hydrogen-bond donors (Lipinski definition) is 5. The summed E-state index contributed by atoms with van der Waals surface area (Å²) in [5.74, 6) is -1.02. The number of aromatic hydroxyl groups is 1. The molecule has 3 aliphatic heterocycles. The lowest BCUT2D eigenvalue weighted by molar-refractivity contribution is -0.232. The molecule has 0 aromatic heterocycles. The third-order valence-electron chi connectivity index (χ3n) is 11.6. The van der Waals surface area contributed by atoms with Crippen LogP contribution in [0.4, 0.5) is 0 Å². The summed E-state index contributed by atoms with van der Waals surface area (Å²) in [6.07, 6.45) is -7.15. The summed E-state index contributed by atoms with van der Waals surface area (Å²) in [7, 11) is 0. The molecule has 0 amide bonds.